The lowest BCUT2D eigenvalue weighted by molar-refractivity contribution is -0.233. The zero-order valence-electron chi connectivity index (χ0n) is 11.9. The molecule has 3 rings (SSSR count). The van der Waals surface area contributed by atoms with Gasteiger partial charge in [0.2, 0.25) is 0 Å². The topological polar surface area (TPSA) is 50.1 Å². The van der Waals surface area contributed by atoms with Crippen molar-refractivity contribution in [3.63, 3.8) is 0 Å². The highest BCUT2D eigenvalue weighted by Gasteiger charge is 2.56. The van der Waals surface area contributed by atoms with Gasteiger partial charge in [0.05, 0.1) is 24.5 Å². The number of rotatable bonds is 5. The minimum atomic E-state index is -1.31. The molecule has 1 unspecified atom stereocenters. The van der Waals surface area contributed by atoms with Gasteiger partial charge in [-0.1, -0.05) is 6.92 Å². The Morgan fingerprint density at radius 2 is 2.19 bits per heavy atom. The van der Waals surface area contributed by atoms with Crippen molar-refractivity contribution >= 4 is 0 Å². The predicted octanol–water partition coefficient (Wildman–Crippen LogP) is 2.54. The summed E-state index contributed by atoms with van der Waals surface area (Å²) in [5, 5.41) is 0. The zero-order valence-corrected chi connectivity index (χ0v) is 11.9. The van der Waals surface area contributed by atoms with Crippen LogP contribution in [0.3, 0.4) is 0 Å². The Balaban J connectivity index is 1.68. The zero-order chi connectivity index (χ0) is 15.0. The van der Waals surface area contributed by atoms with Gasteiger partial charge >= 0.3 is 0 Å². The van der Waals surface area contributed by atoms with E-state index in [1.165, 1.54) is 19.3 Å². The van der Waals surface area contributed by atoms with Crippen molar-refractivity contribution in [1.82, 2.24) is 0 Å². The normalized spacial score (nSPS) is 38.9. The molecule has 2 aliphatic heterocycles. The highest BCUT2D eigenvalue weighted by molar-refractivity contribution is 5.06. The second-order valence-corrected chi connectivity index (χ2v) is 5.41. The minimum Gasteiger partial charge on any atom is -0.439 e. The van der Waals surface area contributed by atoms with Crippen molar-refractivity contribution in [2.45, 2.75) is 57.3 Å². The van der Waals surface area contributed by atoms with Crippen LogP contribution in [0.5, 0.6) is 0 Å². The largest absolute Gasteiger partial charge is 0.439 e. The molecule has 118 valence electrons. The van der Waals surface area contributed by atoms with Crippen LogP contribution < -0.4 is 0 Å². The molecule has 2 fully saturated rings. The summed E-state index contributed by atoms with van der Waals surface area (Å²) in [5.41, 5.74) is 0.320. The average Bonchev–Trinajstić information content (AvgIpc) is 3.10. The van der Waals surface area contributed by atoms with Crippen LogP contribution in [0.1, 0.15) is 25.8 Å². The van der Waals surface area contributed by atoms with Crippen LogP contribution in [-0.4, -0.2) is 37.1 Å². The first-order chi connectivity index (χ1) is 10.1. The lowest BCUT2D eigenvalue weighted by Crippen LogP contribution is -2.38. The van der Waals surface area contributed by atoms with E-state index < -0.39 is 37.0 Å². The van der Waals surface area contributed by atoms with E-state index in [0.29, 0.717) is 12.0 Å². The molecule has 7 heteroatoms. The molecular formula is C14H18F2O5. The molecule has 21 heavy (non-hydrogen) atoms. The highest BCUT2D eigenvalue weighted by atomic mass is 19.1. The molecule has 5 atom stereocenters. The van der Waals surface area contributed by atoms with Gasteiger partial charge in [-0.2, -0.15) is 4.39 Å². The standard InChI is InChI=1S/C14H18F2O5/c1-3-9-10(18-6-8-4-5-17-12(8)16)11-13(19-9)21-14(2,7-15)20-11/h4-5,9-11,13H,3,6-7H2,1-2H3/t9-,10+,11-,13-,14?/m1/s1. The first-order valence-electron chi connectivity index (χ1n) is 6.97. The van der Waals surface area contributed by atoms with Crippen molar-refractivity contribution in [2.24, 2.45) is 0 Å². The van der Waals surface area contributed by atoms with Crippen LogP contribution in [-0.2, 0) is 25.6 Å². The van der Waals surface area contributed by atoms with E-state index in [0.717, 1.165) is 0 Å². The Morgan fingerprint density at radius 1 is 1.38 bits per heavy atom. The van der Waals surface area contributed by atoms with Crippen LogP contribution in [0.15, 0.2) is 16.7 Å². The minimum absolute atomic E-state index is 0.0335. The second kappa shape index (κ2) is 5.64. The van der Waals surface area contributed by atoms with E-state index in [9.17, 15) is 8.78 Å². The van der Waals surface area contributed by atoms with Gasteiger partial charge in [-0.25, -0.2) is 4.39 Å². The molecule has 0 aromatic carbocycles. The van der Waals surface area contributed by atoms with Gasteiger partial charge in [-0.3, -0.25) is 0 Å². The van der Waals surface area contributed by atoms with Crippen molar-refractivity contribution in [2.75, 3.05) is 6.67 Å². The maximum absolute atomic E-state index is 13.3. The molecule has 0 aliphatic carbocycles. The molecule has 5 nitrogen and oxygen atoms in total. The molecular weight excluding hydrogens is 286 g/mol. The summed E-state index contributed by atoms with van der Waals surface area (Å²) in [6, 6.07) is 0.831. The Bertz CT molecular complexity index is 493. The number of halogens is 2. The molecule has 2 saturated heterocycles. The average molecular weight is 304 g/mol. The third-order valence-electron chi connectivity index (χ3n) is 3.79. The summed E-state index contributed by atoms with van der Waals surface area (Å²) in [7, 11) is 0. The van der Waals surface area contributed by atoms with Crippen LogP contribution in [0.25, 0.3) is 0 Å². The molecule has 2 aliphatic rings. The van der Waals surface area contributed by atoms with Gasteiger partial charge in [0.25, 0.3) is 6.01 Å². The highest BCUT2D eigenvalue weighted by Crippen LogP contribution is 2.40. The second-order valence-electron chi connectivity index (χ2n) is 5.41. The first-order valence-corrected chi connectivity index (χ1v) is 6.97. The number of hydrogen-bond acceptors (Lipinski definition) is 5. The van der Waals surface area contributed by atoms with Crippen molar-refractivity contribution in [3.05, 3.63) is 23.9 Å². The summed E-state index contributed by atoms with van der Waals surface area (Å²) in [4.78, 5) is 0. The maximum atomic E-state index is 13.3. The number of ether oxygens (including phenoxy) is 4. The van der Waals surface area contributed by atoms with Gasteiger partial charge < -0.3 is 23.4 Å². The third-order valence-corrected chi connectivity index (χ3v) is 3.79. The summed E-state index contributed by atoms with van der Waals surface area (Å²) in [6.07, 6.45) is 0.0847. The van der Waals surface area contributed by atoms with E-state index in [4.69, 9.17) is 18.9 Å². The van der Waals surface area contributed by atoms with Crippen LogP contribution in [0.2, 0.25) is 0 Å². The summed E-state index contributed by atoms with van der Waals surface area (Å²) in [5.74, 6) is -1.31. The van der Waals surface area contributed by atoms with E-state index in [2.05, 4.69) is 4.42 Å². The fourth-order valence-electron chi connectivity index (χ4n) is 2.67. The van der Waals surface area contributed by atoms with Gasteiger partial charge in [0.1, 0.15) is 18.9 Å². The lowest BCUT2D eigenvalue weighted by Gasteiger charge is -2.25. The molecule has 3 heterocycles. The van der Waals surface area contributed by atoms with E-state index in [-0.39, 0.29) is 12.7 Å². The van der Waals surface area contributed by atoms with E-state index in [1.807, 2.05) is 6.92 Å². The monoisotopic (exact) mass is 304 g/mol. The van der Waals surface area contributed by atoms with E-state index >= 15 is 0 Å². The Labute approximate surface area is 121 Å². The van der Waals surface area contributed by atoms with Gasteiger partial charge in [0, 0.05) is 0 Å². The lowest BCUT2D eigenvalue weighted by atomic mass is 10.1. The van der Waals surface area contributed by atoms with Crippen LogP contribution >= 0.6 is 0 Å². The van der Waals surface area contributed by atoms with Crippen molar-refractivity contribution in [1.29, 1.82) is 0 Å². The number of alkyl halides is 1. The first kappa shape index (κ1) is 14.9. The van der Waals surface area contributed by atoms with Crippen molar-refractivity contribution in [3.8, 4) is 0 Å². The molecule has 0 amide bonds. The van der Waals surface area contributed by atoms with Gasteiger partial charge in [-0.15, -0.1) is 0 Å². The molecule has 1 aromatic heterocycles. The SMILES string of the molecule is CC[C@H]1O[C@@H]2OC(C)(CF)O[C@@H]2[C@H]1OCc1ccoc1F. The fraction of sp³-hybridized carbons (Fsp3) is 0.714. The quantitative estimate of drug-likeness (QED) is 0.836. The maximum Gasteiger partial charge on any atom is 0.283 e. The van der Waals surface area contributed by atoms with E-state index in [1.54, 1.807) is 0 Å². The third kappa shape index (κ3) is 2.70. The van der Waals surface area contributed by atoms with Gasteiger partial charge in [-0.05, 0) is 19.4 Å². The number of hydrogen-bond donors (Lipinski definition) is 0. The Morgan fingerprint density at radius 3 is 2.81 bits per heavy atom. The number of furan rings is 1. The smallest absolute Gasteiger partial charge is 0.283 e. The van der Waals surface area contributed by atoms with Crippen LogP contribution in [0.4, 0.5) is 8.78 Å². The molecule has 0 bridgehead atoms. The number of fused-ring (bicyclic) bond motifs is 1. The molecule has 1 aromatic rings. The molecule has 0 N–H and O–H groups in total. The molecule has 0 radical (unpaired) electrons. The Hall–Kier alpha value is -1.02. The Kier molecular flexibility index (Phi) is 4.00. The molecule has 0 spiro atoms. The molecule has 0 saturated carbocycles. The summed E-state index contributed by atoms with van der Waals surface area (Å²) >= 11 is 0. The summed E-state index contributed by atoms with van der Waals surface area (Å²) in [6.45, 7) is 2.71. The predicted molar refractivity (Wildman–Crippen MR) is 66.5 cm³/mol. The van der Waals surface area contributed by atoms with Crippen LogP contribution in [0, 0.1) is 6.01 Å². The fourth-order valence-corrected chi connectivity index (χ4v) is 2.67. The summed E-state index contributed by atoms with van der Waals surface area (Å²) < 4.78 is 53.3. The van der Waals surface area contributed by atoms with Gasteiger partial charge in [0.15, 0.2) is 12.1 Å². The van der Waals surface area contributed by atoms with Crippen molar-refractivity contribution < 1.29 is 32.1 Å².